The molecule has 1 aromatic heterocycles. The normalized spacial score (nSPS) is 19.9. The zero-order valence-corrected chi connectivity index (χ0v) is 11.6. The van der Waals surface area contributed by atoms with Gasteiger partial charge in [-0.25, -0.2) is 5.01 Å². The number of thioether (sulfide) groups is 1. The largest absolute Gasteiger partial charge is 0.481 e. The number of aliphatic carboxylic acids is 1. The van der Waals surface area contributed by atoms with Crippen molar-refractivity contribution in [3.05, 3.63) is 30.1 Å². The standard InChI is InChI=1S/C12H14N4O3S/c1-8(17)16-11(9-3-2-5-13-7-9)20-12(15-16)14-6-4-10(18)19/h2-3,5,7,11H,4,6H2,1H3,(H,14,15)(H,18,19)/t11-/m0/s1. The third-order valence-electron chi connectivity index (χ3n) is 2.56. The van der Waals surface area contributed by atoms with Crippen LogP contribution in [0.4, 0.5) is 0 Å². The lowest BCUT2D eigenvalue weighted by atomic mass is 10.3. The van der Waals surface area contributed by atoms with Gasteiger partial charge in [-0.1, -0.05) is 17.8 Å². The van der Waals surface area contributed by atoms with Gasteiger partial charge in [-0.3, -0.25) is 25.0 Å². The van der Waals surface area contributed by atoms with Crippen LogP contribution >= 0.6 is 11.8 Å². The van der Waals surface area contributed by atoms with Crippen LogP contribution in [0.1, 0.15) is 24.3 Å². The molecule has 2 N–H and O–H groups in total. The second kappa shape index (κ2) is 6.38. The fourth-order valence-electron chi connectivity index (χ4n) is 1.66. The van der Waals surface area contributed by atoms with Crippen LogP contribution in [0, 0.1) is 0 Å². The van der Waals surface area contributed by atoms with Crippen LogP contribution in [-0.4, -0.2) is 38.7 Å². The second-order valence-corrected chi connectivity index (χ2v) is 5.16. The molecule has 2 rings (SSSR count). The van der Waals surface area contributed by atoms with E-state index in [1.54, 1.807) is 18.5 Å². The van der Waals surface area contributed by atoms with E-state index in [0.29, 0.717) is 5.17 Å². The third kappa shape index (κ3) is 3.47. The molecule has 106 valence electrons. The summed E-state index contributed by atoms with van der Waals surface area (Å²) in [6.45, 7) is 1.63. The van der Waals surface area contributed by atoms with Crippen molar-refractivity contribution < 1.29 is 14.7 Å². The predicted molar refractivity (Wildman–Crippen MR) is 74.8 cm³/mol. The van der Waals surface area contributed by atoms with Crippen molar-refractivity contribution >= 4 is 28.8 Å². The number of aromatic nitrogens is 1. The molecule has 0 aliphatic carbocycles. The molecule has 7 nitrogen and oxygen atoms in total. The quantitative estimate of drug-likeness (QED) is 0.860. The van der Waals surface area contributed by atoms with E-state index in [2.05, 4.69) is 15.4 Å². The molecule has 1 aliphatic rings. The molecule has 8 heteroatoms. The number of hydrogen-bond acceptors (Lipinski definition) is 5. The van der Waals surface area contributed by atoms with Gasteiger partial charge in [0.15, 0.2) is 5.17 Å². The topological polar surface area (TPSA) is 94.9 Å². The summed E-state index contributed by atoms with van der Waals surface area (Å²) in [5.74, 6) is -1.04. The van der Waals surface area contributed by atoms with Crippen molar-refractivity contribution in [1.29, 1.82) is 0 Å². The average Bonchev–Trinajstić information content (AvgIpc) is 2.84. The summed E-state index contributed by atoms with van der Waals surface area (Å²) in [6, 6.07) is 3.68. The molecular formula is C12H14N4O3S. The molecule has 1 aromatic rings. The number of hydrazine groups is 1. The summed E-state index contributed by atoms with van der Waals surface area (Å²) >= 11 is 1.36. The molecular weight excluding hydrogens is 280 g/mol. The first-order chi connectivity index (χ1) is 9.58. The Hall–Kier alpha value is -2.09. The molecule has 2 heterocycles. The lowest BCUT2D eigenvalue weighted by Gasteiger charge is -2.20. The van der Waals surface area contributed by atoms with E-state index in [1.807, 2.05) is 6.07 Å². The number of nitrogens with zero attached hydrogens (tertiary/aromatic N) is 3. The highest BCUT2D eigenvalue weighted by atomic mass is 32.2. The Balaban J connectivity index is 2.12. The average molecular weight is 294 g/mol. The minimum Gasteiger partial charge on any atom is -0.481 e. The molecule has 0 aromatic carbocycles. The minimum atomic E-state index is -0.899. The minimum absolute atomic E-state index is 0.0383. The number of hydrogen-bond donors (Lipinski definition) is 2. The summed E-state index contributed by atoms with van der Waals surface area (Å²) in [5, 5.41) is 10.3. The van der Waals surface area contributed by atoms with E-state index in [9.17, 15) is 9.59 Å². The second-order valence-electron chi connectivity index (χ2n) is 4.09. The van der Waals surface area contributed by atoms with Crippen LogP contribution in [0.15, 0.2) is 29.5 Å². The number of amidine groups is 1. The van der Waals surface area contributed by atoms with Crippen molar-refractivity contribution in [1.82, 2.24) is 15.4 Å². The van der Waals surface area contributed by atoms with Gasteiger partial charge in [0.05, 0.1) is 13.0 Å². The SMILES string of the molecule is CC(=O)N1NC(=NCCC(=O)O)S[C@H]1c1cccnc1. The summed E-state index contributed by atoms with van der Waals surface area (Å²) in [5.41, 5.74) is 3.77. The first-order valence-corrected chi connectivity index (χ1v) is 6.85. The fourth-order valence-corrected chi connectivity index (χ4v) is 2.77. The van der Waals surface area contributed by atoms with Gasteiger partial charge in [0.25, 0.3) is 0 Å². The molecule has 0 unspecified atom stereocenters. The van der Waals surface area contributed by atoms with Gasteiger partial charge >= 0.3 is 5.97 Å². The molecule has 0 radical (unpaired) electrons. The number of carboxylic acid groups (broad SMARTS) is 1. The number of amides is 1. The molecule has 1 saturated heterocycles. The number of nitrogens with one attached hydrogen (secondary N) is 1. The van der Waals surface area contributed by atoms with E-state index in [0.717, 1.165) is 5.56 Å². The third-order valence-corrected chi connectivity index (χ3v) is 3.71. The van der Waals surface area contributed by atoms with Crippen molar-refractivity contribution in [2.75, 3.05) is 6.54 Å². The van der Waals surface area contributed by atoms with Gasteiger partial charge in [0, 0.05) is 24.9 Å². The Bertz CT molecular complexity index is 535. The first kappa shape index (κ1) is 14.3. The smallest absolute Gasteiger partial charge is 0.305 e. The van der Waals surface area contributed by atoms with E-state index in [-0.39, 0.29) is 24.2 Å². The highest BCUT2D eigenvalue weighted by molar-refractivity contribution is 8.14. The zero-order valence-electron chi connectivity index (χ0n) is 10.8. The van der Waals surface area contributed by atoms with Gasteiger partial charge in [0.2, 0.25) is 5.91 Å². The summed E-state index contributed by atoms with van der Waals surface area (Å²) < 4.78 is 0. The molecule has 0 saturated carbocycles. The van der Waals surface area contributed by atoms with E-state index < -0.39 is 5.97 Å². The maximum atomic E-state index is 11.6. The zero-order chi connectivity index (χ0) is 14.5. The van der Waals surface area contributed by atoms with Crippen LogP contribution < -0.4 is 5.43 Å². The number of pyridine rings is 1. The molecule has 1 aliphatic heterocycles. The Labute approximate surface area is 120 Å². The molecule has 0 bridgehead atoms. The number of carbonyl (C=O) groups excluding carboxylic acids is 1. The van der Waals surface area contributed by atoms with Crippen molar-refractivity contribution in [2.45, 2.75) is 18.7 Å². The van der Waals surface area contributed by atoms with Crippen LogP contribution in [0.25, 0.3) is 0 Å². The first-order valence-electron chi connectivity index (χ1n) is 5.97. The van der Waals surface area contributed by atoms with Crippen LogP contribution in [0.3, 0.4) is 0 Å². The van der Waals surface area contributed by atoms with E-state index in [1.165, 1.54) is 23.7 Å². The van der Waals surface area contributed by atoms with Gasteiger partial charge in [-0.2, -0.15) is 0 Å². The summed E-state index contributed by atoms with van der Waals surface area (Å²) in [4.78, 5) is 30.3. The number of aliphatic imine (C=N–C) groups is 1. The van der Waals surface area contributed by atoms with Gasteiger partial charge in [-0.15, -0.1) is 0 Å². The molecule has 0 spiro atoms. The Morgan fingerprint density at radius 1 is 1.60 bits per heavy atom. The highest BCUT2D eigenvalue weighted by Crippen LogP contribution is 2.36. The molecule has 1 amide bonds. The Morgan fingerprint density at radius 2 is 2.40 bits per heavy atom. The van der Waals surface area contributed by atoms with Gasteiger partial charge in [-0.05, 0) is 6.07 Å². The van der Waals surface area contributed by atoms with Crippen LogP contribution in [-0.2, 0) is 9.59 Å². The van der Waals surface area contributed by atoms with Crippen molar-refractivity contribution in [3.63, 3.8) is 0 Å². The lowest BCUT2D eigenvalue weighted by Crippen LogP contribution is -2.38. The highest BCUT2D eigenvalue weighted by Gasteiger charge is 2.33. The molecule has 1 fully saturated rings. The van der Waals surface area contributed by atoms with Crippen LogP contribution in [0.2, 0.25) is 0 Å². The predicted octanol–water partition coefficient (Wildman–Crippen LogP) is 1.01. The Morgan fingerprint density at radius 3 is 3.00 bits per heavy atom. The molecule has 1 atom stereocenters. The van der Waals surface area contributed by atoms with Crippen LogP contribution in [0.5, 0.6) is 0 Å². The Kier molecular flexibility index (Phi) is 4.57. The van der Waals surface area contributed by atoms with Crippen molar-refractivity contribution in [2.24, 2.45) is 4.99 Å². The monoisotopic (exact) mass is 294 g/mol. The lowest BCUT2D eigenvalue weighted by molar-refractivity contribution is -0.136. The number of carboxylic acids is 1. The maximum absolute atomic E-state index is 11.6. The summed E-state index contributed by atoms with van der Waals surface area (Å²) in [6.07, 6.45) is 3.31. The van der Waals surface area contributed by atoms with Crippen molar-refractivity contribution in [3.8, 4) is 0 Å². The van der Waals surface area contributed by atoms with Gasteiger partial charge in [0.1, 0.15) is 5.37 Å². The number of rotatable bonds is 4. The van der Waals surface area contributed by atoms with E-state index in [4.69, 9.17) is 5.11 Å². The maximum Gasteiger partial charge on any atom is 0.305 e. The summed E-state index contributed by atoms with van der Waals surface area (Å²) in [7, 11) is 0. The molecule has 20 heavy (non-hydrogen) atoms. The van der Waals surface area contributed by atoms with E-state index >= 15 is 0 Å². The number of carbonyl (C=O) groups is 2. The van der Waals surface area contributed by atoms with Gasteiger partial charge < -0.3 is 5.11 Å². The fraction of sp³-hybridized carbons (Fsp3) is 0.333.